The first-order valence-electron chi connectivity index (χ1n) is 7.15. The lowest BCUT2D eigenvalue weighted by Gasteiger charge is -2.23. The number of ether oxygens (including phenoxy) is 2. The van der Waals surface area contributed by atoms with Gasteiger partial charge in [-0.2, -0.15) is 0 Å². The molecule has 4 N–H and O–H groups in total. The van der Waals surface area contributed by atoms with E-state index in [0.717, 1.165) is 0 Å². The van der Waals surface area contributed by atoms with Gasteiger partial charge in [-0.1, -0.05) is 0 Å². The zero-order valence-corrected chi connectivity index (χ0v) is 13.1. The van der Waals surface area contributed by atoms with E-state index in [0.29, 0.717) is 12.8 Å². The van der Waals surface area contributed by atoms with Gasteiger partial charge < -0.3 is 24.6 Å². The third kappa shape index (κ3) is 4.77. The normalized spacial score (nSPS) is 43.0. The Morgan fingerprint density at radius 3 is 2.43 bits per heavy atom. The average Bonchev–Trinajstić information content (AvgIpc) is 2.88. The molecule has 2 saturated heterocycles. The van der Waals surface area contributed by atoms with Crippen molar-refractivity contribution in [3.05, 3.63) is 0 Å². The van der Waals surface area contributed by atoms with Crippen LogP contribution in [0.4, 0.5) is 0 Å². The van der Waals surface area contributed by atoms with E-state index in [1.165, 1.54) is 0 Å². The molecule has 2 rings (SSSR count). The van der Waals surface area contributed by atoms with E-state index in [4.69, 9.17) is 14.0 Å². The van der Waals surface area contributed by atoms with E-state index in [2.05, 4.69) is 5.09 Å². The Bertz CT molecular complexity index is 404. The molecule has 11 heteroatoms. The molecule has 0 spiro atoms. The highest BCUT2D eigenvalue weighted by Gasteiger charge is 2.38. The van der Waals surface area contributed by atoms with Crippen LogP contribution in [0.5, 0.6) is 0 Å². The molecule has 0 saturated carbocycles. The van der Waals surface area contributed by atoms with Crippen molar-refractivity contribution in [2.24, 2.45) is 0 Å². The van der Waals surface area contributed by atoms with Gasteiger partial charge in [-0.3, -0.25) is 4.52 Å². The Kier molecular flexibility index (Phi) is 5.90. The Balaban J connectivity index is 1.83. The number of rotatable bonds is 6. The molecule has 8 nitrogen and oxygen atoms in total. The SMILES string of the molecule is B[C@H]1CC(O)[C@@H](COP(=O)(O)NC2C[C@H](B)O[C@@H]2CO)O1. The summed E-state index contributed by atoms with van der Waals surface area (Å²) in [5.74, 6) is 0. The van der Waals surface area contributed by atoms with Gasteiger partial charge in [0, 0.05) is 18.0 Å². The Morgan fingerprint density at radius 2 is 1.86 bits per heavy atom. The van der Waals surface area contributed by atoms with E-state index < -0.39 is 32.1 Å². The standard InChI is InChI=1S/C10H22B2NO7P/c11-9-1-5(7(3-14)19-9)13-21(16,17)18-4-8-6(15)2-10(12)20-8/h5-10,14-15H,1-4,11-12H2,(H2,13,16,17)/t5?,6?,7-,8-,9-,10-/m1/s1. The van der Waals surface area contributed by atoms with Gasteiger partial charge in [0.25, 0.3) is 0 Å². The summed E-state index contributed by atoms with van der Waals surface area (Å²) < 4.78 is 27.8. The van der Waals surface area contributed by atoms with Crippen LogP contribution in [-0.4, -0.2) is 80.4 Å². The molecule has 3 unspecified atom stereocenters. The highest BCUT2D eigenvalue weighted by molar-refractivity contribution is 7.50. The predicted octanol–water partition coefficient (Wildman–Crippen LogP) is -3.09. The Morgan fingerprint density at radius 1 is 1.24 bits per heavy atom. The minimum atomic E-state index is -4.05. The van der Waals surface area contributed by atoms with Crippen molar-refractivity contribution in [2.45, 2.75) is 49.2 Å². The third-order valence-electron chi connectivity index (χ3n) is 3.77. The monoisotopic (exact) mass is 321 g/mol. The maximum Gasteiger partial charge on any atom is 0.403 e. The largest absolute Gasteiger partial charge is 0.403 e. The summed E-state index contributed by atoms with van der Waals surface area (Å²) in [5, 5.41) is 21.4. The number of hydrogen-bond donors (Lipinski definition) is 4. The minimum Gasteiger partial charge on any atom is -0.394 e. The molecule has 2 heterocycles. The lowest BCUT2D eigenvalue weighted by Crippen LogP contribution is -2.37. The van der Waals surface area contributed by atoms with Crippen LogP contribution >= 0.6 is 7.75 Å². The molecule has 21 heavy (non-hydrogen) atoms. The summed E-state index contributed by atoms with van der Waals surface area (Å²) in [4.78, 5) is 9.83. The first-order chi connectivity index (χ1) is 9.80. The molecule has 7 atom stereocenters. The number of aliphatic hydroxyl groups excluding tert-OH is 2. The molecule has 120 valence electrons. The molecular formula is C10H22B2NO7P. The summed E-state index contributed by atoms with van der Waals surface area (Å²) in [5.41, 5.74) is 0. The lowest BCUT2D eigenvalue weighted by atomic mass is 9.95. The zero-order chi connectivity index (χ0) is 15.6. The van der Waals surface area contributed by atoms with Crippen molar-refractivity contribution in [1.82, 2.24) is 5.09 Å². The second-order valence-electron chi connectivity index (χ2n) is 5.74. The zero-order valence-electron chi connectivity index (χ0n) is 12.2. The lowest BCUT2D eigenvalue weighted by molar-refractivity contribution is -0.00132. The minimum absolute atomic E-state index is 0.0949. The summed E-state index contributed by atoms with van der Waals surface area (Å²) in [6.45, 7) is -0.400. The van der Waals surface area contributed by atoms with Crippen LogP contribution in [0.25, 0.3) is 0 Å². The van der Waals surface area contributed by atoms with Crippen LogP contribution in [0.1, 0.15) is 12.8 Å². The smallest absolute Gasteiger partial charge is 0.394 e. The second kappa shape index (κ2) is 7.10. The first kappa shape index (κ1) is 17.4. The van der Waals surface area contributed by atoms with Gasteiger partial charge in [0.05, 0.1) is 25.4 Å². The van der Waals surface area contributed by atoms with Crippen molar-refractivity contribution in [1.29, 1.82) is 0 Å². The van der Waals surface area contributed by atoms with E-state index in [9.17, 15) is 19.7 Å². The Hall–Kier alpha value is 0.0799. The maximum atomic E-state index is 12.0. The van der Waals surface area contributed by atoms with E-state index in [1.807, 2.05) is 15.7 Å². The number of hydrogen-bond acceptors (Lipinski definition) is 6. The summed E-state index contributed by atoms with van der Waals surface area (Å²) in [6, 6.07) is -0.642. The topological polar surface area (TPSA) is 117 Å². The molecule has 2 aliphatic heterocycles. The molecule has 0 aliphatic carbocycles. The van der Waals surface area contributed by atoms with Crippen molar-refractivity contribution in [3.63, 3.8) is 0 Å². The van der Waals surface area contributed by atoms with Crippen LogP contribution in [0.2, 0.25) is 0 Å². The second-order valence-corrected chi connectivity index (χ2v) is 7.30. The molecular weight excluding hydrogens is 299 g/mol. The van der Waals surface area contributed by atoms with Gasteiger partial charge in [-0.25, -0.2) is 9.65 Å². The molecule has 0 amide bonds. The molecule has 0 radical (unpaired) electrons. The highest BCUT2D eigenvalue weighted by atomic mass is 31.2. The molecule has 0 aromatic rings. The van der Waals surface area contributed by atoms with Crippen molar-refractivity contribution in [3.8, 4) is 0 Å². The molecule has 0 bridgehead atoms. The molecule has 2 fully saturated rings. The molecule has 0 aromatic carbocycles. The third-order valence-corrected chi connectivity index (χ3v) is 4.93. The fraction of sp³-hybridized carbons (Fsp3) is 1.00. The van der Waals surface area contributed by atoms with Crippen LogP contribution < -0.4 is 5.09 Å². The van der Waals surface area contributed by atoms with Gasteiger partial charge in [0.1, 0.15) is 21.8 Å². The molecule has 0 aromatic heterocycles. The number of nitrogens with one attached hydrogen (secondary N) is 1. The fourth-order valence-corrected chi connectivity index (χ4v) is 3.89. The van der Waals surface area contributed by atoms with Gasteiger partial charge in [-0.05, 0) is 12.8 Å². The van der Waals surface area contributed by atoms with E-state index >= 15 is 0 Å². The molecule has 2 aliphatic rings. The van der Waals surface area contributed by atoms with Gasteiger partial charge in [-0.15, -0.1) is 0 Å². The fourth-order valence-electron chi connectivity index (χ4n) is 2.77. The van der Waals surface area contributed by atoms with Crippen molar-refractivity contribution < 1.29 is 33.7 Å². The van der Waals surface area contributed by atoms with Crippen LogP contribution in [0.15, 0.2) is 0 Å². The van der Waals surface area contributed by atoms with Gasteiger partial charge in [0.2, 0.25) is 0 Å². The highest BCUT2D eigenvalue weighted by Crippen LogP contribution is 2.40. The van der Waals surface area contributed by atoms with Gasteiger partial charge in [0.15, 0.2) is 0 Å². The summed E-state index contributed by atoms with van der Waals surface area (Å²) in [6.07, 6.45) is -0.830. The quantitative estimate of drug-likeness (QED) is 0.300. The summed E-state index contributed by atoms with van der Waals surface area (Å²) >= 11 is 0. The average molecular weight is 321 g/mol. The number of aliphatic hydroxyl groups is 2. The van der Waals surface area contributed by atoms with Gasteiger partial charge >= 0.3 is 7.75 Å². The first-order valence-corrected chi connectivity index (χ1v) is 8.73. The van der Waals surface area contributed by atoms with Crippen molar-refractivity contribution >= 4 is 23.4 Å². The van der Waals surface area contributed by atoms with Crippen LogP contribution in [0.3, 0.4) is 0 Å². The van der Waals surface area contributed by atoms with E-state index in [1.54, 1.807) is 0 Å². The summed E-state index contributed by atoms with van der Waals surface area (Å²) in [7, 11) is -0.396. The van der Waals surface area contributed by atoms with E-state index in [-0.39, 0.29) is 25.2 Å². The Labute approximate surface area is 125 Å². The predicted molar refractivity (Wildman–Crippen MR) is 79.4 cm³/mol. The van der Waals surface area contributed by atoms with Crippen LogP contribution in [-0.2, 0) is 18.6 Å². The maximum absolute atomic E-state index is 12.0. The van der Waals surface area contributed by atoms with Crippen LogP contribution in [0, 0.1) is 0 Å². The van der Waals surface area contributed by atoms with Crippen molar-refractivity contribution in [2.75, 3.05) is 13.2 Å².